The SMILES string of the molecule is CN(Cc1ccccc1)C(=O)c1cccc(NCC(=O)Nc2ccccc2Br)c1. The predicted molar refractivity (Wildman–Crippen MR) is 120 cm³/mol. The molecule has 0 aliphatic heterocycles. The Labute approximate surface area is 178 Å². The third-order valence-corrected chi connectivity index (χ3v) is 5.01. The molecular weight excluding hydrogens is 430 g/mol. The number of hydrogen-bond donors (Lipinski definition) is 2. The van der Waals surface area contributed by atoms with E-state index >= 15 is 0 Å². The van der Waals surface area contributed by atoms with E-state index in [9.17, 15) is 9.59 Å². The van der Waals surface area contributed by atoms with E-state index < -0.39 is 0 Å². The van der Waals surface area contributed by atoms with E-state index in [1.807, 2.05) is 60.7 Å². The summed E-state index contributed by atoms with van der Waals surface area (Å²) in [5.74, 6) is -0.245. The van der Waals surface area contributed by atoms with Crippen LogP contribution in [0.4, 0.5) is 11.4 Å². The van der Waals surface area contributed by atoms with Crippen molar-refractivity contribution in [3.63, 3.8) is 0 Å². The molecule has 0 aliphatic carbocycles. The Morgan fingerprint density at radius 1 is 0.931 bits per heavy atom. The highest BCUT2D eigenvalue weighted by molar-refractivity contribution is 9.10. The number of nitrogens with zero attached hydrogens (tertiary/aromatic N) is 1. The molecule has 0 aromatic heterocycles. The average molecular weight is 452 g/mol. The normalized spacial score (nSPS) is 10.3. The van der Waals surface area contributed by atoms with Crippen LogP contribution in [0.5, 0.6) is 0 Å². The first-order chi connectivity index (χ1) is 14.0. The summed E-state index contributed by atoms with van der Waals surface area (Å²) in [6.07, 6.45) is 0. The molecule has 2 amide bonds. The molecule has 0 radical (unpaired) electrons. The second-order valence-electron chi connectivity index (χ2n) is 6.61. The summed E-state index contributed by atoms with van der Waals surface area (Å²) in [4.78, 5) is 26.6. The molecule has 0 bridgehead atoms. The quantitative estimate of drug-likeness (QED) is 0.543. The first-order valence-corrected chi connectivity index (χ1v) is 10.00. The van der Waals surface area contributed by atoms with Gasteiger partial charge in [0.1, 0.15) is 0 Å². The number of carbonyl (C=O) groups excluding carboxylic acids is 2. The van der Waals surface area contributed by atoms with Crippen molar-refractivity contribution in [1.29, 1.82) is 0 Å². The monoisotopic (exact) mass is 451 g/mol. The lowest BCUT2D eigenvalue weighted by molar-refractivity contribution is -0.114. The molecule has 3 aromatic carbocycles. The summed E-state index contributed by atoms with van der Waals surface area (Å²) in [6, 6.07) is 24.4. The summed E-state index contributed by atoms with van der Waals surface area (Å²) < 4.78 is 0.822. The Hall–Kier alpha value is -3.12. The second-order valence-corrected chi connectivity index (χ2v) is 7.46. The number of nitrogens with one attached hydrogen (secondary N) is 2. The number of carbonyl (C=O) groups is 2. The van der Waals surface area contributed by atoms with Crippen molar-refractivity contribution in [3.05, 3.63) is 94.5 Å². The molecule has 0 spiro atoms. The Bertz CT molecular complexity index is 992. The van der Waals surface area contributed by atoms with Crippen molar-refractivity contribution in [2.75, 3.05) is 24.2 Å². The van der Waals surface area contributed by atoms with Gasteiger partial charge in [-0.1, -0.05) is 48.5 Å². The highest BCUT2D eigenvalue weighted by atomic mass is 79.9. The topological polar surface area (TPSA) is 61.4 Å². The van der Waals surface area contributed by atoms with Crippen LogP contribution in [0.1, 0.15) is 15.9 Å². The first kappa shape index (κ1) is 20.6. The van der Waals surface area contributed by atoms with Gasteiger partial charge in [0.25, 0.3) is 5.91 Å². The maximum absolute atomic E-state index is 12.7. The van der Waals surface area contributed by atoms with Crippen LogP contribution < -0.4 is 10.6 Å². The van der Waals surface area contributed by atoms with Crippen LogP contribution in [0.15, 0.2) is 83.3 Å². The van der Waals surface area contributed by atoms with E-state index in [-0.39, 0.29) is 18.4 Å². The zero-order chi connectivity index (χ0) is 20.6. The van der Waals surface area contributed by atoms with E-state index in [1.165, 1.54) is 0 Å². The molecule has 0 fully saturated rings. The Balaban J connectivity index is 1.58. The van der Waals surface area contributed by atoms with E-state index in [4.69, 9.17) is 0 Å². The van der Waals surface area contributed by atoms with Crippen LogP contribution in [-0.2, 0) is 11.3 Å². The number of hydrogen-bond acceptors (Lipinski definition) is 3. The van der Waals surface area contributed by atoms with Crippen molar-refractivity contribution in [2.45, 2.75) is 6.54 Å². The van der Waals surface area contributed by atoms with Gasteiger partial charge in [0, 0.05) is 29.3 Å². The van der Waals surface area contributed by atoms with Gasteiger partial charge in [-0.25, -0.2) is 0 Å². The number of para-hydroxylation sites is 1. The minimum atomic E-state index is -0.171. The van der Waals surface area contributed by atoms with Crippen LogP contribution in [-0.4, -0.2) is 30.3 Å². The van der Waals surface area contributed by atoms with Gasteiger partial charge in [0.2, 0.25) is 5.91 Å². The fraction of sp³-hybridized carbons (Fsp3) is 0.130. The number of rotatable bonds is 7. The third kappa shape index (κ3) is 5.93. The average Bonchev–Trinajstić information content (AvgIpc) is 2.74. The molecule has 0 saturated carbocycles. The van der Waals surface area contributed by atoms with Gasteiger partial charge in [0.05, 0.1) is 12.2 Å². The third-order valence-electron chi connectivity index (χ3n) is 4.32. The van der Waals surface area contributed by atoms with Gasteiger partial charge in [-0.3, -0.25) is 9.59 Å². The van der Waals surface area contributed by atoms with Crippen LogP contribution in [0, 0.1) is 0 Å². The van der Waals surface area contributed by atoms with Crippen molar-refractivity contribution in [3.8, 4) is 0 Å². The highest BCUT2D eigenvalue weighted by Gasteiger charge is 2.13. The van der Waals surface area contributed by atoms with Crippen LogP contribution in [0.25, 0.3) is 0 Å². The minimum absolute atomic E-state index is 0.0739. The summed E-state index contributed by atoms with van der Waals surface area (Å²) in [7, 11) is 1.78. The summed E-state index contributed by atoms with van der Waals surface area (Å²) >= 11 is 3.41. The fourth-order valence-corrected chi connectivity index (χ4v) is 3.23. The van der Waals surface area contributed by atoms with E-state index in [0.29, 0.717) is 23.5 Å². The second kappa shape index (κ2) is 9.89. The molecule has 0 heterocycles. The van der Waals surface area contributed by atoms with E-state index in [1.54, 1.807) is 30.1 Å². The van der Waals surface area contributed by atoms with Gasteiger partial charge < -0.3 is 15.5 Å². The Kier molecular flexibility index (Phi) is 7.03. The van der Waals surface area contributed by atoms with Crippen LogP contribution in [0.2, 0.25) is 0 Å². The molecule has 29 heavy (non-hydrogen) atoms. The van der Waals surface area contributed by atoms with Gasteiger partial charge in [0.15, 0.2) is 0 Å². The smallest absolute Gasteiger partial charge is 0.253 e. The molecular formula is C23H22BrN3O2. The number of benzene rings is 3. The molecule has 6 heteroatoms. The lowest BCUT2D eigenvalue weighted by Gasteiger charge is -2.18. The molecule has 3 aromatic rings. The lowest BCUT2D eigenvalue weighted by atomic mass is 10.1. The molecule has 5 nitrogen and oxygen atoms in total. The summed E-state index contributed by atoms with van der Waals surface area (Å²) in [5.41, 5.74) is 3.07. The summed E-state index contributed by atoms with van der Waals surface area (Å²) in [6.45, 7) is 0.629. The van der Waals surface area contributed by atoms with Gasteiger partial charge >= 0.3 is 0 Å². The van der Waals surface area contributed by atoms with Crippen molar-refractivity contribution < 1.29 is 9.59 Å². The van der Waals surface area contributed by atoms with Crippen LogP contribution in [0.3, 0.4) is 0 Å². The molecule has 148 valence electrons. The standard InChI is InChI=1S/C23H22BrN3O2/c1-27(16-17-8-3-2-4-9-17)23(29)18-10-7-11-19(14-18)25-15-22(28)26-21-13-6-5-12-20(21)24/h2-14,25H,15-16H2,1H3,(H,26,28). The van der Waals surface area contributed by atoms with Crippen molar-refractivity contribution >= 4 is 39.1 Å². The number of halogens is 1. The zero-order valence-electron chi connectivity index (χ0n) is 16.1. The molecule has 3 rings (SSSR count). The minimum Gasteiger partial charge on any atom is -0.376 e. The molecule has 0 atom stereocenters. The number of anilines is 2. The zero-order valence-corrected chi connectivity index (χ0v) is 17.6. The van der Waals surface area contributed by atoms with Gasteiger partial charge in [-0.2, -0.15) is 0 Å². The predicted octanol–water partition coefficient (Wildman–Crippen LogP) is 4.77. The van der Waals surface area contributed by atoms with Crippen molar-refractivity contribution in [2.24, 2.45) is 0 Å². The van der Waals surface area contributed by atoms with E-state index in [2.05, 4.69) is 26.6 Å². The lowest BCUT2D eigenvalue weighted by Crippen LogP contribution is -2.26. The number of amides is 2. The highest BCUT2D eigenvalue weighted by Crippen LogP contribution is 2.21. The largest absolute Gasteiger partial charge is 0.376 e. The molecule has 0 saturated heterocycles. The Morgan fingerprint density at radius 3 is 2.41 bits per heavy atom. The maximum Gasteiger partial charge on any atom is 0.253 e. The molecule has 0 aliphatic rings. The van der Waals surface area contributed by atoms with E-state index in [0.717, 1.165) is 10.0 Å². The first-order valence-electron chi connectivity index (χ1n) is 9.20. The van der Waals surface area contributed by atoms with Crippen LogP contribution >= 0.6 is 15.9 Å². The molecule has 2 N–H and O–H groups in total. The Morgan fingerprint density at radius 2 is 1.66 bits per heavy atom. The maximum atomic E-state index is 12.7. The fourth-order valence-electron chi connectivity index (χ4n) is 2.85. The molecule has 0 unspecified atom stereocenters. The van der Waals surface area contributed by atoms with Gasteiger partial charge in [-0.15, -0.1) is 0 Å². The van der Waals surface area contributed by atoms with Gasteiger partial charge in [-0.05, 0) is 51.8 Å². The summed E-state index contributed by atoms with van der Waals surface area (Å²) in [5, 5.41) is 5.91. The van der Waals surface area contributed by atoms with Crippen molar-refractivity contribution in [1.82, 2.24) is 4.90 Å².